The summed E-state index contributed by atoms with van der Waals surface area (Å²) in [4.78, 5) is 26.8. The van der Waals surface area contributed by atoms with E-state index in [1.165, 1.54) is 18.2 Å². The number of aromatic amines is 2. The molecule has 0 saturated heterocycles. The third kappa shape index (κ3) is 2.92. The normalized spacial score (nSPS) is 21.2. The predicted molar refractivity (Wildman–Crippen MR) is 107 cm³/mol. The number of carbonyl (C=O) groups excluding carboxylic acids is 1. The van der Waals surface area contributed by atoms with E-state index in [2.05, 4.69) is 15.5 Å². The Labute approximate surface area is 172 Å². The second-order valence-electron chi connectivity index (χ2n) is 7.45. The van der Waals surface area contributed by atoms with Crippen molar-refractivity contribution in [3.63, 3.8) is 0 Å². The number of halogens is 3. The molecule has 0 radical (unpaired) electrons. The number of thiophene rings is 1. The quantitative estimate of drug-likeness (QED) is 0.548. The molecule has 0 spiro atoms. The molecule has 0 bridgehead atoms. The molecule has 3 aromatic rings. The Hall–Kier alpha value is -3.07. The summed E-state index contributed by atoms with van der Waals surface area (Å²) in [7, 11) is 0. The van der Waals surface area contributed by atoms with E-state index in [-0.39, 0.29) is 34.8 Å². The summed E-state index contributed by atoms with van der Waals surface area (Å²) in [6.07, 6.45) is -3.93. The molecule has 2 atom stereocenters. The maximum Gasteiger partial charge on any atom is 0.416 e. The molecular formula is C21H16F3N3O2S. The Morgan fingerprint density at radius 2 is 1.80 bits per heavy atom. The van der Waals surface area contributed by atoms with E-state index < -0.39 is 23.2 Å². The molecule has 30 heavy (non-hydrogen) atoms. The first-order chi connectivity index (χ1) is 14.3. The van der Waals surface area contributed by atoms with Crippen molar-refractivity contribution in [3.8, 4) is 0 Å². The van der Waals surface area contributed by atoms with Gasteiger partial charge < -0.3 is 5.32 Å². The number of rotatable bonds is 2. The predicted octanol–water partition coefficient (Wildman–Crippen LogP) is 4.74. The van der Waals surface area contributed by atoms with Gasteiger partial charge in [-0.2, -0.15) is 13.2 Å². The Morgan fingerprint density at radius 1 is 1.00 bits per heavy atom. The highest BCUT2D eigenvalue weighted by atomic mass is 32.1. The molecule has 1 aliphatic heterocycles. The van der Waals surface area contributed by atoms with Crippen LogP contribution in [0, 0.1) is 0 Å². The van der Waals surface area contributed by atoms with Crippen molar-refractivity contribution in [2.24, 2.45) is 0 Å². The van der Waals surface area contributed by atoms with Crippen molar-refractivity contribution >= 4 is 22.9 Å². The van der Waals surface area contributed by atoms with Crippen LogP contribution >= 0.6 is 11.3 Å². The topological polar surface area (TPSA) is 77.8 Å². The molecule has 9 heteroatoms. The summed E-state index contributed by atoms with van der Waals surface area (Å²) >= 11 is 1.55. The van der Waals surface area contributed by atoms with E-state index in [0.29, 0.717) is 17.9 Å². The van der Waals surface area contributed by atoms with E-state index in [1.807, 2.05) is 17.5 Å². The molecule has 2 aliphatic rings. The number of Topliss-reactive ketones (excluding diaryl/α,β-unsaturated/α-hetero) is 1. The fraction of sp³-hybridized carbons (Fsp3) is 0.238. The minimum atomic E-state index is -4.61. The molecule has 2 unspecified atom stereocenters. The van der Waals surface area contributed by atoms with Crippen LogP contribution in [0.3, 0.4) is 0 Å². The number of allylic oxidation sites excluding steroid dienone is 2. The fourth-order valence-corrected chi connectivity index (χ4v) is 5.29. The van der Waals surface area contributed by atoms with Crippen molar-refractivity contribution in [2.45, 2.75) is 30.9 Å². The number of hydrogen-bond donors (Lipinski definition) is 3. The van der Waals surface area contributed by atoms with Gasteiger partial charge in [-0.25, -0.2) is 0 Å². The first kappa shape index (κ1) is 18.9. The molecule has 2 aromatic heterocycles. The Morgan fingerprint density at radius 3 is 2.53 bits per heavy atom. The number of alkyl halides is 3. The van der Waals surface area contributed by atoms with Crippen molar-refractivity contribution < 1.29 is 18.0 Å². The standard InChI is InChI=1S/C21H16F3N3O2S/c22-21(23,24)12-5-2-1-4-11(12)16-17-13(25-19-18(16)20(29)27-26-19)8-10(9-14(17)28)15-6-3-7-30-15/h1-7,10,16H,8-9H2,(H3,25,26,27,29). The van der Waals surface area contributed by atoms with Gasteiger partial charge in [0, 0.05) is 34.4 Å². The molecule has 0 amide bonds. The van der Waals surface area contributed by atoms with Crippen LogP contribution in [-0.4, -0.2) is 16.0 Å². The summed E-state index contributed by atoms with van der Waals surface area (Å²) < 4.78 is 41.3. The van der Waals surface area contributed by atoms with Gasteiger partial charge in [-0.15, -0.1) is 11.3 Å². The second kappa shape index (κ2) is 6.73. The zero-order chi connectivity index (χ0) is 21.0. The number of nitrogens with one attached hydrogen (secondary N) is 3. The second-order valence-corrected chi connectivity index (χ2v) is 8.43. The average molecular weight is 431 g/mol. The number of hydrogen-bond acceptors (Lipinski definition) is 4. The summed E-state index contributed by atoms with van der Waals surface area (Å²) in [5, 5.41) is 10.2. The first-order valence-corrected chi connectivity index (χ1v) is 10.3. The zero-order valence-electron chi connectivity index (χ0n) is 15.5. The van der Waals surface area contributed by atoms with E-state index >= 15 is 0 Å². The van der Waals surface area contributed by atoms with Crippen LogP contribution in [0.2, 0.25) is 0 Å². The lowest BCUT2D eigenvalue weighted by Gasteiger charge is -2.35. The fourth-order valence-electron chi connectivity index (χ4n) is 4.46. The van der Waals surface area contributed by atoms with Crippen LogP contribution in [0.15, 0.2) is 57.8 Å². The van der Waals surface area contributed by atoms with Crippen LogP contribution in [0.4, 0.5) is 19.0 Å². The highest BCUT2D eigenvalue weighted by molar-refractivity contribution is 7.10. The molecule has 0 saturated carbocycles. The third-order valence-corrected chi connectivity index (χ3v) is 6.73. The first-order valence-electron chi connectivity index (χ1n) is 9.38. The molecule has 1 aliphatic carbocycles. The van der Waals surface area contributed by atoms with Crippen LogP contribution in [-0.2, 0) is 11.0 Å². The Balaban J connectivity index is 1.71. The number of carbonyl (C=O) groups is 1. The summed E-state index contributed by atoms with van der Waals surface area (Å²) in [5.41, 5.74) is -0.559. The van der Waals surface area contributed by atoms with Crippen molar-refractivity contribution in [2.75, 3.05) is 5.32 Å². The lowest BCUT2D eigenvalue weighted by atomic mass is 9.73. The molecule has 5 rings (SSSR count). The maximum absolute atomic E-state index is 13.8. The number of anilines is 1. The number of benzene rings is 1. The van der Waals surface area contributed by atoms with Crippen molar-refractivity contribution in [1.29, 1.82) is 0 Å². The summed E-state index contributed by atoms with van der Waals surface area (Å²) in [5.74, 6) is -1.06. The molecule has 154 valence electrons. The van der Waals surface area contributed by atoms with Crippen molar-refractivity contribution in [3.05, 3.63) is 85.0 Å². The van der Waals surface area contributed by atoms with Crippen LogP contribution < -0.4 is 10.9 Å². The third-order valence-electron chi connectivity index (χ3n) is 5.70. The Kier molecular flexibility index (Phi) is 4.25. The molecule has 3 heterocycles. The van der Waals surface area contributed by atoms with Gasteiger partial charge in [-0.05, 0) is 29.5 Å². The maximum atomic E-state index is 13.8. The minimum Gasteiger partial charge on any atom is -0.343 e. The van der Waals surface area contributed by atoms with Crippen LogP contribution in [0.25, 0.3) is 0 Å². The van der Waals surface area contributed by atoms with Gasteiger partial charge in [0.2, 0.25) is 0 Å². The highest BCUT2D eigenvalue weighted by Crippen LogP contribution is 2.49. The van der Waals surface area contributed by atoms with Gasteiger partial charge in [0.15, 0.2) is 5.78 Å². The van der Waals surface area contributed by atoms with Gasteiger partial charge in [0.05, 0.1) is 11.1 Å². The Bertz CT molecular complexity index is 1220. The molecule has 1 aromatic carbocycles. The van der Waals surface area contributed by atoms with Crippen LogP contribution in [0.1, 0.15) is 46.2 Å². The number of ketones is 1. The number of H-pyrrole nitrogens is 2. The molecular weight excluding hydrogens is 415 g/mol. The molecule has 3 N–H and O–H groups in total. The monoisotopic (exact) mass is 431 g/mol. The van der Waals surface area contributed by atoms with E-state index in [0.717, 1.165) is 10.9 Å². The molecule has 0 fully saturated rings. The highest BCUT2D eigenvalue weighted by Gasteiger charge is 2.44. The van der Waals surface area contributed by atoms with Gasteiger partial charge in [-0.3, -0.25) is 19.8 Å². The summed E-state index contributed by atoms with van der Waals surface area (Å²) in [6.45, 7) is 0. The largest absolute Gasteiger partial charge is 0.416 e. The van der Waals surface area contributed by atoms with Gasteiger partial charge >= 0.3 is 6.18 Å². The van der Waals surface area contributed by atoms with E-state index in [9.17, 15) is 22.8 Å². The SMILES string of the molecule is O=C1CC(c2cccs2)CC2=C1C(c1ccccc1C(F)(F)F)c1c([nH][nH]c1=O)N2. The van der Waals surface area contributed by atoms with E-state index in [1.54, 1.807) is 11.3 Å². The molecule has 5 nitrogen and oxygen atoms in total. The lowest BCUT2D eigenvalue weighted by Crippen LogP contribution is -2.32. The van der Waals surface area contributed by atoms with Crippen LogP contribution in [0.5, 0.6) is 0 Å². The minimum absolute atomic E-state index is 0.0468. The van der Waals surface area contributed by atoms with E-state index in [4.69, 9.17) is 0 Å². The lowest BCUT2D eigenvalue weighted by molar-refractivity contribution is -0.138. The number of fused-ring (bicyclic) bond motifs is 1. The number of aromatic nitrogens is 2. The zero-order valence-corrected chi connectivity index (χ0v) is 16.3. The summed E-state index contributed by atoms with van der Waals surface area (Å²) in [6, 6.07) is 9.00. The smallest absolute Gasteiger partial charge is 0.343 e. The van der Waals surface area contributed by atoms with Crippen molar-refractivity contribution in [1.82, 2.24) is 10.2 Å². The van der Waals surface area contributed by atoms with Gasteiger partial charge in [-0.1, -0.05) is 24.3 Å². The van der Waals surface area contributed by atoms with Gasteiger partial charge in [0.1, 0.15) is 5.82 Å². The average Bonchev–Trinajstić information content (AvgIpc) is 3.36. The van der Waals surface area contributed by atoms with Gasteiger partial charge in [0.25, 0.3) is 5.56 Å².